The molecule has 1 aliphatic rings. The second-order valence-corrected chi connectivity index (χ2v) is 7.36. The number of nitrogens with zero attached hydrogens (tertiary/aromatic N) is 1. The van der Waals surface area contributed by atoms with Crippen molar-refractivity contribution < 1.29 is 19.1 Å². The van der Waals surface area contributed by atoms with Crippen LogP contribution in [0.25, 0.3) is 0 Å². The molecule has 8 heteroatoms. The number of rotatable bonds is 6. The Labute approximate surface area is 157 Å². The molecule has 0 saturated heterocycles. The fourth-order valence-corrected chi connectivity index (χ4v) is 3.42. The first-order valence-electron chi connectivity index (χ1n) is 8.47. The number of esters is 1. The van der Waals surface area contributed by atoms with Crippen LogP contribution in [0.3, 0.4) is 0 Å². The van der Waals surface area contributed by atoms with Crippen molar-refractivity contribution in [3.8, 4) is 0 Å². The summed E-state index contributed by atoms with van der Waals surface area (Å²) in [4.78, 5) is 39.0. The molecule has 7 nitrogen and oxygen atoms in total. The van der Waals surface area contributed by atoms with Crippen molar-refractivity contribution in [2.24, 2.45) is 5.92 Å². The largest absolute Gasteiger partial charge is 0.467 e. The predicted octanol–water partition coefficient (Wildman–Crippen LogP) is 2.47. The highest BCUT2D eigenvalue weighted by Crippen LogP contribution is 2.34. The minimum Gasteiger partial charge on any atom is -0.467 e. The Bertz CT molecular complexity index is 680. The van der Waals surface area contributed by atoms with E-state index in [-0.39, 0.29) is 11.8 Å². The van der Waals surface area contributed by atoms with E-state index in [0.717, 1.165) is 0 Å². The van der Waals surface area contributed by atoms with Crippen molar-refractivity contribution in [2.45, 2.75) is 32.4 Å². The summed E-state index contributed by atoms with van der Waals surface area (Å²) in [6.07, 6.45) is 2.38. The molecule has 26 heavy (non-hydrogen) atoms. The van der Waals surface area contributed by atoms with E-state index in [0.29, 0.717) is 23.5 Å². The third kappa shape index (κ3) is 4.30. The monoisotopic (exact) mass is 379 g/mol. The molecule has 1 aliphatic heterocycles. The Morgan fingerprint density at radius 2 is 2.04 bits per heavy atom. The van der Waals surface area contributed by atoms with Crippen molar-refractivity contribution in [1.82, 2.24) is 5.32 Å². The van der Waals surface area contributed by atoms with Crippen LogP contribution < -0.4 is 15.5 Å². The summed E-state index contributed by atoms with van der Waals surface area (Å²) >= 11 is 1.58. The van der Waals surface area contributed by atoms with Crippen LogP contribution in [0.15, 0.2) is 24.3 Å². The molecule has 2 N–H and O–H groups in total. The van der Waals surface area contributed by atoms with Crippen LogP contribution in [0, 0.1) is 5.92 Å². The van der Waals surface area contributed by atoms with E-state index in [1.54, 1.807) is 36.0 Å². The molecule has 142 valence electrons. The third-order valence-corrected chi connectivity index (χ3v) is 4.86. The number of fused-ring (bicyclic) bond motifs is 1. The van der Waals surface area contributed by atoms with Gasteiger partial charge in [-0.2, -0.15) is 11.8 Å². The summed E-state index contributed by atoms with van der Waals surface area (Å²) in [6.45, 7) is 3.76. The predicted molar refractivity (Wildman–Crippen MR) is 104 cm³/mol. The number of amides is 3. The highest BCUT2D eigenvalue weighted by molar-refractivity contribution is 7.98. The number of thioether (sulfide) groups is 1. The SMILES string of the molecule is COC(=O)[C@@H](CCSC)NC(=O)N1c2ccccc2NC(=O)[C@@H]1C(C)C. The van der Waals surface area contributed by atoms with E-state index in [1.807, 2.05) is 20.1 Å². The molecule has 0 saturated carbocycles. The van der Waals surface area contributed by atoms with Crippen LogP contribution >= 0.6 is 11.8 Å². The lowest BCUT2D eigenvalue weighted by atomic mass is 9.98. The molecule has 0 aromatic heterocycles. The topological polar surface area (TPSA) is 87.7 Å². The standard InChI is InChI=1S/C18H25N3O4S/c1-11(2)15-16(22)19-12-7-5-6-8-14(12)21(15)18(24)20-13(9-10-26-4)17(23)25-3/h5-8,11,13,15H,9-10H2,1-4H3,(H,19,22)(H,20,24)/t13-,15+/m1/s1. The minimum absolute atomic E-state index is 0.100. The number of urea groups is 1. The molecular weight excluding hydrogens is 354 g/mol. The number of ether oxygens (including phenoxy) is 1. The molecule has 0 fully saturated rings. The fraction of sp³-hybridized carbons (Fsp3) is 0.500. The molecule has 2 atom stereocenters. The summed E-state index contributed by atoms with van der Waals surface area (Å²) in [7, 11) is 1.29. The quantitative estimate of drug-likeness (QED) is 0.742. The van der Waals surface area contributed by atoms with Crippen LogP contribution in [0.1, 0.15) is 20.3 Å². The van der Waals surface area contributed by atoms with Crippen molar-refractivity contribution >= 4 is 41.0 Å². The summed E-state index contributed by atoms with van der Waals surface area (Å²) < 4.78 is 4.80. The molecule has 2 rings (SSSR count). The van der Waals surface area contributed by atoms with Gasteiger partial charge in [-0.25, -0.2) is 9.59 Å². The van der Waals surface area contributed by atoms with Crippen LogP contribution in [0.5, 0.6) is 0 Å². The zero-order chi connectivity index (χ0) is 19.3. The lowest BCUT2D eigenvalue weighted by Crippen LogP contribution is -2.58. The Kier molecular flexibility index (Phi) is 6.90. The van der Waals surface area contributed by atoms with E-state index in [1.165, 1.54) is 12.0 Å². The molecular formula is C18H25N3O4S. The van der Waals surface area contributed by atoms with Gasteiger partial charge in [0.2, 0.25) is 5.91 Å². The molecule has 0 aliphatic carbocycles. The first-order chi connectivity index (χ1) is 12.4. The average molecular weight is 379 g/mol. The average Bonchev–Trinajstić information content (AvgIpc) is 2.62. The lowest BCUT2D eigenvalue weighted by molar-refractivity contribution is -0.142. The van der Waals surface area contributed by atoms with Gasteiger partial charge in [0.25, 0.3) is 0 Å². The first kappa shape index (κ1) is 20.1. The van der Waals surface area contributed by atoms with E-state index in [4.69, 9.17) is 4.74 Å². The van der Waals surface area contributed by atoms with Crippen LogP contribution in [0.2, 0.25) is 0 Å². The second-order valence-electron chi connectivity index (χ2n) is 6.37. The number of hydrogen-bond donors (Lipinski definition) is 2. The number of carbonyl (C=O) groups excluding carboxylic acids is 3. The molecule has 3 amide bonds. The Balaban J connectivity index is 2.33. The zero-order valence-corrected chi connectivity index (χ0v) is 16.3. The molecule has 1 aromatic rings. The van der Waals surface area contributed by atoms with E-state index in [9.17, 15) is 14.4 Å². The van der Waals surface area contributed by atoms with Gasteiger partial charge in [0.05, 0.1) is 18.5 Å². The number of methoxy groups -OCH3 is 1. The summed E-state index contributed by atoms with van der Waals surface area (Å²) in [5.41, 5.74) is 1.18. The number of anilines is 2. The van der Waals surface area contributed by atoms with E-state index < -0.39 is 24.1 Å². The van der Waals surface area contributed by atoms with Gasteiger partial charge in [-0.1, -0.05) is 26.0 Å². The van der Waals surface area contributed by atoms with Crippen LogP contribution in [-0.4, -0.2) is 49.1 Å². The fourth-order valence-electron chi connectivity index (χ4n) is 2.95. The molecule has 0 radical (unpaired) electrons. The van der Waals surface area contributed by atoms with Gasteiger partial charge in [-0.05, 0) is 36.5 Å². The van der Waals surface area contributed by atoms with Gasteiger partial charge in [-0.3, -0.25) is 9.69 Å². The Morgan fingerprint density at radius 3 is 2.65 bits per heavy atom. The summed E-state index contributed by atoms with van der Waals surface area (Å²) in [5.74, 6) is -0.141. The highest BCUT2D eigenvalue weighted by Gasteiger charge is 2.39. The summed E-state index contributed by atoms with van der Waals surface area (Å²) in [6, 6.07) is 5.21. The Morgan fingerprint density at radius 1 is 1.35 bits per heavy atom. The number of para-hydroxylation sites is 2. The van der Waals surface area contributed by atoms with Crippen molar-refractivity contribution in [3.05, 3.63) is 24.3 Å². The maximum atomic E-state index is 13.0. The number of benzene rings is 1. The van der Waals surface area contributed by atoms with Crippen molar-refractivity contribution in [1.29, 1.82) is 0 Å². The van der Waals surface area contributed by atoms with Crippen LogP contribution in [-0.2, 0) is 14.3 Å². The van der Waals surface area contributed by atoms with Crippen molar-refractivity contribution in [2.75, 3.05) is 29.3 Å². The Hall–Kier alpha value is -2.22. The van der Waals surface area contributed by atoms with Gasteiger partial charge in [-0.15, -0.1) is 0 Å². The normalized spacial score (nSPS) is 17.3. The maximum absolute atomic E-state index is 13.0. The van der Waals surface area contributed by atoms with Gasteiger partial charge >= 0.3 is 12.0 Å². The van der Waals surface area contributed by atoms with E-state index in [2.05, 4.69) is 10.6 Å². The van der Waals surface area contributed by atoms with Gasteiger partial charge in [0.15, 0.2) is 0 Å². The second kappa shape index (κ2) is 8.93. The van der Waals surface area contributed by atoms with E-state index >= 15 is 0 Å². The number of nitrogens with one attached hydrogen (secondary N) is 2. The first-order valence-corrected chi connectivity index (χ1v) is 9.86. The third-order valence-electron chi connectivity index (χ3n) is 4.21. The van der Waals surface area contributed by atoms with Gasteiger partial charge in [0.1, 0.15) is 12.1 Å². The van der Waals surface area contributed by atoms with Crippen molar-refractivity contribution in [3.63, 3.8) is 0 Å². The molecule has 0 bridgehead atoms. The maximum Gasteiger partial charge on any atom is 0.328 e. The molecule has 1 aromatic carbocycles. The number of carbonyl (C=O) groups is 3. The summed E-state index contributed by atoms with van der Waals surface area (Å²) in [5, 5.41) is 5.58. The minimum atomic E-state index is -0.759. The zero-order valence-electron chi connectivity index (χ0n) is 15.4. The smallest absolute Gasteiger partial charge is 0.328 e. The molecule has 0 unspecified atom stereocenters. The lowest BCUT2D eigenvalue weighted by Gasteiger charge is -2.38. The van der Waals surface area contributed by atoms with Crippen LogP contribution in [0.4, 0.5) is 16.2 Å². The highest BCUT2D eigenvalue weighted by atomic mass is 32.2. The van der Waals surface area contributed by atoms with Gasteiger partial charge in [0, 0.05) is 0 Å². The van der Waals surface area contributed by atoms with Gasteiger partial charge < -0.3 is 15.4 Å². The number of hydrogen-bond acceptors (Lipinski definition) is 5. The molecule has 1 heterocycles. The molecule has 0 spiro atoms.